The molecule has 0 aliphatic carbocycles. The van der Waals surface area contributed by atoms with Crippen LogP contribution in [0.1, 0.15) is 17.3 Å². The third-order valence-corrected chi connectivity index (χ3v) is 3.70. The van der Waals surface area contributed by atoms with Crippen LogP contribution in [0.3, 0.4) is 0 Å². The molecule has 1 rings (SSSR count). The number of carbonyl (C=O) groups is 2. The molecule has 7 nitrogen and oxygen atoms in total. The van der Waals surface area contributed by atoms with E-state index in [0.717, 1.165) is 12.1 Å². The second kappa shape index (κ2) is 6.44. The normalized spacial score (nSPS) is 11.1. The van der Waals surface area contributed by atoms with E-state index < -0.39 is 39.2 Å². The maximum Gasteiger partial charge on any atom is 0.335 e. The lowest BCUT2D eigenvalue weighted by Crippen LogP contribution is -2.37. The minimum absolute atomic E-state index is 0.336. The number of likely N-dealkylation sites (N-methyl/N-ethyl adjacent to an activating group) is 1. The molecule has 0 atom stereocenters. The van der Waals surface area contributed by atoms with Gasteiger partial charge in [0, 0.05) is 6.54 Å². The first-order valence-electron chi connectivity index (χ1n) is 5.57. The van der Waals surface area contributed by atoms with Gasteiger partial charge in [0.1, 0.15) is 10.7 Å². The monoisotopic (exact) mass is 304 g/mol. The highest BCUT2D eigenvalue weighted by Crippen LogP contribution is 2.15. The summed E-state index contributed by atoms with van der Waals surface area (Å²) < 4.78 is 39.0. The van der Waals surface area contributed by atoms with E-state index in [4.69, 9.17) is 5.11 Å². The van der Waals surface area contributed by atoms with Crippen molar-refractivity contribution in [2.24, 2.45) is 0 Å². The highest BCUT2D eigenvalue weighted by atomic mass is 32.2. The highest BCUT2D eigenvalue weighted by Gasteiger charge is 2.21. The van der Waals surface area contributed by atoms with Gasteiger partial charge < -0.3 is 10.4 Å². The molecule has 3 N–H and O–H groups in total. The predicted molar refractivity (Wildman–Crippen MR) is 67.2 cm³/mol. The molecule has 0 unspecified atom stereocenters. The molecule has 0 aliphatic rings. The topological polar surface area (TPSA) is 113 Å². The van der Waals surface area contributed by atoms with Gasteiger partial charge in [-0.3, -0.25) is 4.79 Å². The molecular weight excluding hydrogens is 291 g/mol. The molecule has 0 bridgehead atoms. The Morgan fingerprint density at radius 2 is 2.00 bits per heavy atom. The number of carboxylic acid groups (broad SMARTS) is 1. The third kappa shape index (κ3) is 4.00. The molecule has 1 aromatic rings. The summed E-state index contributed by atoms with van der Waals surface area (Å²) in [4.78, 5) is 21.0. The van der Waals surface area contributed by atoms with Crippen LogP contribution in [0, 0.1) is 5.82 Å². The lowest BCUT2D eigenvalue weighted by molar-refractivity contribution is -0.119. The van der Waals surface area contributed by atoms with Gasteiger partial charge in [0.2, 0.25) is 15.9 Å². The largest absolute Gasteiger partial charge is 0.478 e. The number of benzene rings is 1. The lowest BCUT2D eigenvalue weighted by Gasteiger charge is -2.08. The zero-order valence-electron chi connectivity index (χ0n) is 10.5. The van der Waals surface area contributed by atoms with Crippen LogP contribution in [0.4, 0.5) is 4.39 Å². The first kappa shape index (κ1) is 16.1. The summed E-state index contributed by atoms with van der Waals surface area (Å²) in [5, 5.41) is 11.0. The second-order valence-corrected chi connectivity index (χ2v) is 5.46. The molecule has 0 radical (unpaired) electrons. The van der Waals surface area contributed by atoms with E-state index in [-0.39, 0.29) is 5.56 Å². The number of hydrogen-bond donors (Lipinski definition) is 3. The van der Waals surface area contributed by atoms with E-state index in [1.165, 1.54) is 0 Å². The summed E-state index contributed by atoms with van der Waals surface area (Å²) in [6, 6.07) is 2.40. The van der Waals surface area contributed by atoms with Crippen LogP contribution < -0.4 is 10.0 Å². The molecule has 0 saturated carbocycles. The molecule has 110 valence electrons. The summed E-state index contributed by atoms with van der Waals surface area (Å²) in [7, 11) is -4.23. The molecule has 0 fully saturated rings. The van der Waals surface area contributed by atoms with Gasteiger partial charge in [0.15, 0.2) is 0 Å². The summed E-state index contributed by atoms with van der Waals surface area (Å²) in [6.45, 7) is 1.47. The molecule has 0 saturated heterocycles. The zero-order valence-corrected chi connectivity index (χ0v) is 11.3. The fraction of sp³-hybridized carbons (Fsp3) is 0.273. The summed E-state index contributed by atoms with van der Waals surface area (Å²) >= 11 is 0. The van der Waals surface area contributed by atoms with E-state index >= 15 is 0 Å². The molecular formula is C11H13FN2O5S. The van der Waals surface area contributed by atoms with Crippen LogP contribution in [-0.4, -0.2) is 38.5 Å². The molecule has 0 aliphatic heterocycles. The van der Waals surface area contributed by atoms with E-state index in [0.29, 0.717) is 12.6 Å². The van der Waals surface area contributed by atoms with Gasteiger partial charge in [0.05, 0.1) is 12.1 Å². The number of amides is 1. The van der Waals surface area contributed by atoms with Crippen molar-refractivity contribution in [3.8, 4) is 0 Å². The van der Waals surface area contributed by atoms with Gasteiger partial charge in [-0.25, -0.2) is 22.3 Å². The number of aromatic carboxylic acids is 1. The number of sulfonamides is 1. The van der Waals surface area contributed by atoms with Crippen LogP contribution in [0.15, 0.2) is 23.1 Å². The molecule has 0 heterocycles. The number of halogens is 1. The maximum atomic E-state index is 13.6. The van der Waals surface area contributed by atoms with Crippen molar-refractivity contribution < 1.29 is 27.5 Å². The van der Waals surface area contributed by atoms with Crippen LogP contribution in [-0.2, 0) is 14.8 Å². The number of hydrogen-bond acceptors (Lipinski definition) is 4. The van der Waals surface area contributed by atoms with Crippen molar-refractivity contribution in [1.82, 2.24) is 10.0 Å². The van der Waals surface area contributed by atoms with Crippen LogP contribution >= 0.6 is 0 Å². The van der Waals surface area contributed by atoms with Crippen molar-refractivity contribution in [2.45, 2.75) is 11.8 Å². The Bertz CT molecular complexity index is 630. The van der Waals surface area contributed by atoms with Gasteiger partial charge in [-0.2, -0.15) is 0 Å². The SMILES string of the molecule is CCNC(=O)CNS(=O)(=O)c1ccc(C(=O)O)cc1F. The number of carbonyl (C=O) groups excluding carboxylic acids is 1. The van der Waals surface area contributed by atoms with Crippen molar-refractivity contribution in [2.75, 3.05) is 13.1 Å². The average Bonchev–Trinajstić information content (AvgIpc) is 2.36. The first-order chi connectivity index (χ1) is 9.27. The van der Waals surface area contributed by atoms with E-state index in [2.05, 4.69) is 5.32 Å². The van der Waals surface area contributed by atoms with Crippen molar-refractivity contribution >= 4 is 21.9 Å². The molecule has 1 amide bonds. The van der Waals surface area contributed by atoms with Gasteiger partial charge >= 0.3 is 5.97 Å². The molecule has 0 aromatic heterocycles. The maximum absolute atomic E-state index is 13.6. The fourth-order valence-corrected chi connectivity index (χ4v) is 2.39. The van der Waals surface area contributed by atoms with Crippen LogP contribution in [0.2, 0.25) is 0 Å². The molecule has 9 heteroatoms. The Balaban J connectivity index is 2.93. The van der Waals surface area contributed by atoms with Gasteiger partial charge in [-0.1, -0.05) is 0 Å². The van der Waals surface area contributed by atoms with Crippen molar-refractivity contribution in [3.63, 3.8) is 0 Å². The smallest absolute Gasteiger partial charge is 0.335 e. The fourth-order valence-electron chi connectivity index (χ4n) is 1.35. The quantitative estimate of drug-likeness (QED) is 0.681. The van der Waals surface area contributed by atoms with Gasteiger partial charge in [-0.05, 0) is 25.1 Å². The minimum Gasteiger partial charge on any atom is -0.478 e. The Morgan fingerprint density at radius 1 is 1.35 bits per heavy atom. The van der Waals surface area contributed by atoms with E-state index in [1.807, 2.05) is 4.72 Å². The predicted octanol–water partition coefficient (Wildman–Crippen LogP) is -0.0617. The minimum atomic E-state index is -4.23. The van der Waals surface area contributed by atoms with Crippen LogP contribution in [0.25, 0.3) is 0 Å². The van der Waals surface area contributed by atoms with E-state index in [9.17, 15) is 22.4 Å². The number of nitrogens with one attached hydrogen (secondary N) is 2. The molecule has 1 aromatic carbocycles. The average molecular weight is 304 g/mol. The van der Waals surface area contributed by atoms with Crippen LogP contribution in [0.5, 0.6) is 0 Å². The summed E-state index contributed by atoms with van der Waals surface area (Å²) in [6.07, 6.45) is 0. The summed E-state index contributed by atoms with van der Waals surface area (Å²) in [5.74, 6) is -3.13. The Morgan fingerprint density at radius 3 is 2.50 bits per heavy atom. The lowest BCUT2D eigenvalue weighted by atomic mass is 10.2. The molecule has 20 heavy (non-hydrogen) atoms. The molecule has 0 spiro atoms. The van der Waals surface area contributed by atoms with Gasteiger partial charge in [-0.15, -0.1) is 0 Å². The Hall–Kier alpha value is -2.00. The number of carboxylic acids is 1. The van der Waals surface area contributed by atoms with Crippen molar-refractivity contribution in [1.29, 1.82) is 0 Å². The summed E-state index contributed by atoms with van der Waals surface area (Å²) in [5.41, 5.74) is -0.370. The highest BCUT2D eigenvalue weighted by molar-refractivity contribution is 7.89. The number of rotatable bonds is 6. The van der Waals surface area contributed by atoms with Crippen molar-refractivity contribution in [3.05, 3.63) is 29.6 Å². The Labute approximate surface area is 114 Å². The van der Waals surface area contributed by atoms with E-state index in [1.54, 1.807) is 6.92 Å². The third-order valence-electron chi connectivity index (χ3n) is 2.27. The second-order valence-electron chi connectivity index (χ2n) is 3.73. The Kier molecular flexibility index (Phi) is 5.17. The first-order valence-corrected chi connectivity index (χ1v) is 7.05. The standard InChI is InChI=1S/C11H13FN2O5S/c1-2-13-10(15)6-14-20(18,19)9-4-3-7(11(16)17)5-8(9)12/h3-5,14H,2,6H2,1H3,(H,13,15)(H,16,17). The van der Waals surface area contributed by atoms with Gasteiger partial charge in [0.25, 0.3) is 0 Å². The zero-order chi connectivity index (χ0) is 15.3.